The van der Waals surface area contributed by atoms with E-state index in [4.69, 9.17) is 0 Å². The summed E-state index contributed by atoms with van der Waals surface area (Å²) in [6.45, 7) is 3.43. The molecule has 126 valence electrons. The van der Waals surface area contributed by atoms with Crippen LogP contribution in [-0.2, 0) is 18.4 Å². The second-order valence-electron chi connectivity index (χ2n) is 6.47. The van der Waals surface area contributed by atoms with Gasteiger partial charge < -0.3 is 15.5 Å². The maximum Gasteiger partial charge on any atom is 0.318 e. The molecule has 2 heterocycles. The number of hydrogen-bond acceptors (Lipinski definition) is 3. The van der Waals surface area contributed by atoms with E-state index in [0.29, 0.717) is 25.6 Å². The zero-order chi connectivity index (χ0) is 16.4. The van der Waals surface area contributed by atoms with Gasteiger partial charge in [0.25, 0.3) is 0 Å². The standard InChI is InChI=1S/C16H25N5O2/c1-11-15(22)17-7-4-8-21(11)16(23)18-10-14-13(9-19-20(14)2)12-5-3-6-12/h9,11-12H,3-8,10H2,1-2H3,(H,17,22)(H,18,23). The van der Waals surface area contributed by atoms with Crippen molar-refractivity contribution in [3.8, 4) is 0 Å². The summed E-state index contributed by atoms with van der Waals surface area (Å²) >= 11 is 0. The van der Waals surface area contributed by atoms with Crippen LogP contribution in [0.4, 0.5) is 4.79 Å². The van der Waals surface area contributed by atoms with Crippen molar-refractivity contribution in [3.05, 3.63) is 17.5 Å². The Labute approximate surface area is 136 Å². The van der Waals surface area contributed by atoms with Crippen molar-refractivity contribution in [1.82, 2.24) is 25.3 Å². The third-order valence-corrected chi connectivity index (χ3v) is 5.03. The molecule has 7 nitrogen and oxygen atoms in total. The number of urea groups is 1. The molecule has 1 atom stereocenters. The lowest BCUT2D eigenvalue weighted by atomic mass is 9.80. The van der Waals surface area contributed by atoms with Gasteiger partial charge in [0.05, 0.1) is 18.4 Å². The third-order valence-electron chi connectivity index (χ3n) is 5.03. The molecule has 0 radical (unpaired) electrons. The first-order valence-corrected chi connectivity index (χ1v) is 8.41. The Hall–Kier alpha value is -2.05. The number of aromatic nitrogens is 2. The average molecular weight is 319 g/mol. The molecule has 2 fully saturated rings. The highest BCUT2D eigenvalue weighted by molar-refractivity contribution is 5.87. The van der Waals surface area contributed by atoms with Crippen LogP contribution in [0.15, 0.2) is 6.20 Å². The summed E-state index contributed by atoms with van der Waals surface area (Å²) in [5.74, 6) is 0.492. The van der Waals surface area contributed by atoms with Gasteiger partial charge in [-0.15, -0.1) is 0 Å². The maximum atomic E-state index is 12.5. The second-order valence-corrected chi connectivity index (χ2v) is 6.47. The van der Waals surface area contributed by atoms with Crippen molar-refractivity contribution < 1.29 is 9.59 Å². The van der Waals surface area contributed by atoms with Crippen molar-refractivity contribution in [1.29, 1.82) is 0 Å². The van der Waals surface area contributed by atoms with Crippen molar-refractivity contribution in [2.45, 2.75) is 51.1 Å². The molecule has 1 unspecified atom stereocenters. The van der Waals surface area contributed by atoms with Crippen LogP contribution < -0.4 is 10.6 Å². The molecule has 3 rings (SSSR count). The Morgan fingerprint density at radius 3 is 2.91 bits per heavy atom. The molecule has 1 aliphatic heterocycles. The van der Waals surface area contributed by atoms with Gasteiger partial charge in [-0.3, -0.25) is 9.48 Å². The molecule has 0 aromatic carbocycles. The number of aryl methyl sites for hydroxylation is 1. The molecule has 0 spiro atoms. The van der Waals surface area contributed by atoms with E-state index in [2.05, 4.69) is 15.7 Å². The highest BCUT2D eigenvalue weighted by Gasteiger charge is 2.29. The quantitative estimate of drug-likeness (QED) is 0.876. The normalized spacial score (nSPS) is 22.3. The summed E-state index contributed by atoms with van der Waals surface area (Å²) in [7, 11) is 1.91. The lowest BCUT2D eigenvalue weighted by molar-refractivity contribution is -0.124. The van der Waals surface area contributed by atoms with Gasteiger partial charge in [0, 0.05) is 20.1 Å². The first-order chi connectivity index (χ1) is 11.1. The predicted octanol–water partition coefficient (Wildman–Crippen LogP) is 1.11. The Bertz CT molecular complexity index is 593. The average Bonchev–Trinajstić information content (AvgIpc) is 2.73. The lowest BCUT2D eigenvalue weighted by Gasteiger charge is -2.27. The monoisotopic (exact) mass is 319 g/mol. The summed E-state index contributed by atoms with van der Waals surface area (Å²) < 4.78 is 1.84. The topological polar surface area (TPSA) is 79.3 Å². The minimum Gasteiger partial charge on any atom is -0.354 e. The molecule has 3 amide bonds. The third kappa shape index (κ3) is 3.18. The van der Waals surface area contributed by atoms with E-state index in [1.54, 1.807) is 11.8 Å². The SMILES string of the molecule is CC1C(=O)NCCCN1C(=O)NCc1c(C2CCC2)cnn1C. The number of nitrogens with zero attached hydrogens (tertiary/aromatic N) is 3. The first-order valence-electron chi connectivity index (χ1n) is 8.41. The minimum absolute atomic E-state index is 0.0895. The van der Waals surface area contributed by atoms with Crippen molar-refractivity contribution in [3.63, 3.8) is 0 Å². The van der Waals surface area contributed by atoms with Gasteiger partial charge in [0.15, 0.2) is 0 Å². The zero-order valence-electron chi connectivity index (χ0n) is 13.8. The molecule has 7 heteroatoms. The van der Waals surface area contributed by atoms with Gasteiger partial charge in [0.2, 0.25) is 5.91 Å². The molecule has 2 aliphatic rings. The summed E-state index contributed by atoms with van der Waals surface area (Å²) in [6, 6.07) is -0.620. The van der Waals surface area contributed by atoms with Crippen molar-refractivity contribution in [2.24, 2.45) is 7.05 Å². The van der Waals surface area contributed by atoms with E-state index in [-0.39, 0.29) is 11.9 Å². The van der Waals surface area contributed by atoms with Crippen LogP contribution in [-0.4, -0.2) is 45.8 Å². The number of carbonyl (C=O) groups is 2. The second kappa shape index (κ2) is 6.60. The van der Waals surface area contributed by atoms with Gasteiger partial charge in [-0.25, -0.2) is 4.79 Å². The van der Waals surface area contributed by atoms with Crippen molar-refractivity contribution in [2.75, 3.05) is 13.1 Å². The molecular weight excluding hydrogens is 294 g/mol. The van der Waals surface area contributed by atoms with Gasteiger partial charge >= 0.3 is 6.03 Å². The van der Waals surface area contributed by atoms with E-state index < -0.39 is 6.04 Å². The van der Waals surface area contributed by atoms with Gasteiger partial charge in [-0.1, -0.05) is 6.42 Å². The molecule has 1 saturated carbocycles. The molecule has 1 saturated heterocycles. The Balaban J connectivity index is 1.64. The molecule has 1 aromatic heterocycles. The number of amides is 3. The Morgan fingerprint density at radius 1 is 1.43 bits per heavy atom. The van der Waals surface area contributed by atoms with Gasteiger partial charge in [-0.05, 0) is 37.7 Å². The first kappa shape index (κ1) is 15.8. The zero-order valence-corrected chi connectivity index (χ0v) is 13.8. The fourth-order valence-corrected chi connectivity index (χ4v) is 3.24. The molecule has 2 N–H and O–H groups in total. The minimum atomic E-state index is -0.435. The van der Waals surface area contributed by atoms with Gasteiger partial charge in [0.1, 0.15) is 6.04 Å². The van der Waals surface area contributed by atoms with E-state index in [0.717, 1.165) is 12.1 Å². The number of carbonyl (C=O) groups excluding carboxylic acids is 2. The fourth-order valence-electron chi connectivity index (χ4n) is 3.24. The van der Waals surface area contributed by atoms with Crippen LogP contribution in [0.5, 0.6) is 0 Å². The Kier molecular flexibility index (Phi) is 4.54. The van der Waals surface area contributed by atoms with Crippen LogP contribution in [0, 0.1) is 0 Å². The largest absolute Gasteiger partial charge is 0.354 e. The highest BCUT2D eigenvalue weighted by Crippen LogP contribution is 2.37. The van der Waals surface area contributed by atoms with E-state index >= 15 is 0 Å². The molecule has 1 aliphatic carbocycles. The number of rotatable bonds is 3. The van der Waals surface area contributed by atoms with E-state index in [9.17, 15) is 9.59 Å². The number of nitrogens with one attached hydrogen (secondary N) is 2. The van der Waals surface area contributed by atoms with E-state index in [1.165, 1.54) is 24.8 Å². The highest BCUT2D eigenvalue weighted by atomic mass is 16.2. The fraction of sp³-hybridized carbons (Fsp3) is 0.688. The molecule has 0 bridgehead atoms. The van der Waals surface area contributed by atoms with Crippen LogP contribution in [0.3, 0.4) is 0 Å². The maximum absolute atomic E-state index is 12.5. The molecular formula is C16H25N5O2. The van der Waals surface area contributed by atoms with Crippen LogP contribution in [0.25, 0.3) is 0 Å². The predicted molar refractivity (Wildman–Crippen MR) is 85.8 cm³/mol. The van der Waals surface area contributed by atoms with Crippen LogP contribution in [0.2, 0.25) is 0 Å². The molecule has 1 aromatic rings. The summed E-state index contributed by atoms with van der Waals surface area (Å²) in [5.41, 5.74) is 2.32. The van der Waals surface area contributed by atoms with Crippen LogP contribution >= 0.6 is 0 Å². The summed E-state index contributed by atoms with van der Waals surface area (Å²) in [5, 5.41) is 10.1. The summed E-state index contributed by atoms with van der Waals surface area (Å²) in [6.07, 6.45) is 6.38. The number of hydrogen-bond donors (Lipinski definition) is 2. The summed E-state index contributed by atoms with van der Waals surface area (Å²) in [4.78, 5) is 26.0. The smallest absolute Gasteiger partial charge is 0.318 e. The van der Waals surface area contributed by atoms with E-state index in [1.807, 2.05) is 17.9 Å². The lowest BCUT2D eigenvalue weighted by Crippen LogP contribution is -2.49. The van der Waals surface area contributed by atoms with Gasteiger partial charge in [-0.2, -0.15) is 5.10 Å². The molecule has 23 heavy (non-hydrogen) atoms. The van der Waals surface area contributed by atoms with Crippen molar-refractivity contribution >= 4 is 11.9 Å². The van der Waals surface area contributed by atoms with Crippen LogP contribution in [0.1, 0.15) is 49.8 Å². The Morgan fingerprint density at radius 2 is 2.22 bits per heavy atom.